The van der Waals surface area contributed by atoms with Crippen LogP contribution in [0.15, 0.2) is 12.1 Å². The molecule has 0 bridgehead atoms. The Balaban J connectivity index is 1.84. The third kappa shape index (κ3) is 3.92. The molecule has 2 rings (SSSR count). The lowest BCUT2D eigenvalue weighted by Crippen LogP contribution is -1.99. The molecule has 17 heavy (non-hydrogen) atoms. The van der Waals surface area contributed by atoms with Gasteiger partial charge >= 0.3 is 0 Å². The zero-order valence-electron chi connectivity index (χ0n) is 9.27. The van der Waals surface area contributed by atoms with Crippen molar-refractivity contribution in [1.29, 1.82) is 0 Å². The van der Waals surface area contributed by atoms with Crippen LogP contribution < -0.4 is 5.32 Å². The van der Waals surface area contributed by atoms with Gasteiger partial charge in [0.1, 0.15) is 5.82 Å². The molecule has 0 atom stereocenters. The molecule has 0 saturated carbocycles. The lowest BCUT2D eigenvalue weighted by Gasteiger charge is -1.97. The van der Waals surface area contributed by atoms with Crippen LogP contribution in [0.3, 0.4) is 0 Å². The molecule has 0 spiro atoms. The summed E-state index contributed by atoms with van der Waals surface area (Å²) in [6.07, 6.45) is 0.750. The van der Waals surface area contributed by atoms with Gasteiger partial charge in [-0.2, -0.15) is 4.37 Å². The maximum absolute atomic E-state index is 5.85. The fourth-order valence-electron chi connectivity index (χ4n) is 1.23. The van der Waals surface area contributed by atoms with Gasteiger partial charge in [-0.05, 0) is 12.1 Å². The predicted octanol–water partition coefficient (Wildman–Crippen LogP) is 3.05. The van der Waals surface area contributed by atoms with Crippen molar-refractivity contribution < 1.29 is 4.74 Å². The highest BCUT2D eigenvalue weighted by Gasteiger charge is 2.04. The van der Waals surface area contributed by atoms with E-state index in [2.05, 4.69) is 14.7 Å². The predicted molar refractivity (Wildman–Crippen MR) is 72.1 cm³/mol. The van der Waals surface area contributed by atoms with Crippen molar-refractivity contribution in [3.8, 4) is 0 Å². The first kappa shape index (κ1) is 12.8. The first-order chi connectivity index (χ1) is 8.28. The molecule has 2 heterocycles. The maximum atomic E-state index is 5.85. The first-order valence-electron chi connectivity index (χ1n) is 5.07. The van der Waals surface area contributed by atoms with Gasteiger partial charge in [0.25, 0.3) is 0 Å². The average molecular weight is 290 g/mol. The third-order valence-corrected chi connectivity index (χ3v) is 3.98. The molecule has 0 aliphatic rings. The Hall–Kier alpha value is -0.690. The second-order valence-electron chi connectivity index (χ2n) is 3.32. The van der Waals surface area contributed by atoms with Crippen LogP contribution >= 0.6 is 34.5 Å². The molecule has 0 aromatic carbocycles. The summed E-state index contributed by atoms with van der Waals surface area (Å²) in [5.74, 6) is 0.823. The van der Waals surface area contributed by atoms with E-state index in [1.165, 1.54) is 16.4 Å². The Morgan fingerprint density at radius 3 is 3.06 bits per heavy atom. The molecule has 0 fully saturated rings. The quantitative estimate of drug-likeness (QED) is 0.888. The van der Waals surface area contributed by atoms with Gasteiger partial charge in [0, 0.05) is 29.9 Å². The number of hydrogen-bond donors (Lipinski definition) is 1. The van der Waals surface area contributed by atoms with E-state index in [9.17, 15) is 0 Å². The monoisotopic (exact) mass is 289 g/mol. The van der Waals surface area contributed by atoms with E-state index in [0.717, 1.165) is 28.3 Å². The number of hydrogen-bond acceptors (Lipinski definition) is 6. The van der Waals surface area contributed by atoms with Crippen molar-refractivity contribution in [2.45, 2.75) is 13.0 Å². The normalized spacial score (nSPS) is 10.7. The number of ether oxygens (including phenoxy) is 1. The zero-order valence-corrected chi connectivity index (χ0v) is 11.7. The molecule has 0 aliphatic heterocycles. The van der Waals surface area contributed by atoms with E-state index >= 15 is 0 Å². The van der Waals surface area contributed by atoms with Crippen molar-refractivity contribution in [1.82, 2.24) is 9.36 Å². The van der Waals surface area contributed by atoms with Crippen LogP contribution in [0.25, 0.3) is 0 Å². The highest BCUT2D eigenvalue weighted by molar-refractivity contribution is 7.16. The number of anilines is 1. The summed E-state index contributed by atoms with van der Waals surface area (Å²) in [7, 11) is 1.67. The van der Waals surface area contributed by atoms with Gasteiger partial charge < -0.3 is 10.1 Å². The number of methoxy groups -OCH3 is 1. The molecule has 1 N–H and O–H groups in total. The molecule has 7 heteroatoms. The molecule has 92 valence electrons. The van der Waals surface area contributed by atoms with E-state index in [1.54, 1.807) is 18.4 Å². The molecule has 0 unspecified atom stereocenters. The van der Waals surface area contributed by atoms with E-state index in [0.29, 0.717) is 6.61 Å². The molecular weight excluding hydrogens is 278 g/mol. The van der Waals surface area contributed by atoms with Crippen molar-refractivity contribution in [3.63, 3.8) is 0 Å². The maximum Gasteiger partial charge on any atom is 0.202 e. The van der Waals surface area contributed by atoms with Gasteiger partial charge in [0.05, 0.1) is 17.5 Å². The summed E-state index contributed by atoms with van der Waals surface area (Å²) < 4.78 is 10.0. The van der Waals surface area contributed by atoms with E-state index in [-0.39, 0.29) is 0 Å². The van der Waals surface area contributed by atoms with Gasteiger partial charge in [0.2, 0.25) is 5.13 Å². The largest absolute Gasteiger partial charge is 0.384 e. The van der Waals surface area contributed by atoms with Crippen LogP contribution in [0.1, 0.15) is 10.7 Å². The Labute approximate surface area is 113 Å². The fraction of sp³-hybridized carbons (Fsp3) is 0.400. The molecular formula is C10H12ClN3OS2. The van der Waals surface area contributed by atoms with E-state index < -0.39 is 0 Å². The Bertz CT molecular complexity index is 472. The first-order valence-corrected chi connectivity index (χ1v) is 7.04. The van der Waals surface area contributed by atoms with Crippen LogP contribution in [0, 0.1) is 0 Å². The van der Waals surface area contributed by atoms with Crippen molar-refractivity contribution in [2.24, 2.45) is 0 Å². The zero-order chi connectivity index (χ0) is 12.1. The number of aromatic nitrogens is 2. The lowest BCUT2D eigenvalue weighted by molar-refractivity contribution is 0.201. The number of halogens is 1. The highest BCUT2D eigenvalue weighted by Crippen LogP contribution is 2.22. The van der Waals surface area contributed by atoms with Crippen molar-refractivity contribution in [2.75, 3.05) is 19.0 Å². The van der Waals surface area contributed by atoms with Crippen molar-refractivity contribution >= 4 is 39.6 Å². The summed E-state index contributed by atoms with van der Waals surface area (Å²) in [5, 5.41) is 4.06. The average Bonchev–Trinajstić information content (AvgIpc) is 2.93. The molecule has 4 nitrogen and oxygen atoms in total. The number of rotatable bonds is 6. The lowest BCUT2D eigenvalue weighted by atomic mass is 10.4. The molecule has 0 amide bonds. The van der Waals surface area contributed by atoms with E-state index in [1.807, 2.05) is 12.1 Å². The Kier molecular flexibility index (Phi) is 4.73. The van der Waals surface area contributed by atoms with Crippen LogP contribution in [-0.2, 0) is 17.7 Å². The highest BCUT2D eigenvalue weighted by atomic mass is 35.5. The van der Waals surface area contributed by atoms with Crippen LogP contribution in [0.4, 0.5) is 5.13 Å². The minimum absolute atomic E-state index is 0.650. The van der Waals surface area contributed by atoms with Gasteiger partial charge in [-0.25, -0.2) is 4.98 Å². The van der Waals surface area contributed by atoms with Gasteiger partial charge in [-0.15, -0.1) is 11.3 Å². The minimum atomic E-state index is 0.650. The SMILES string of the molecule is COCCc1nsc(NCc2ccc(Cl)s2)n1. The molecule has 0 saturated heterocycles. The number of nitrogens with zero attached hydrogens (tertiary/aromatic N) is 2. The minimum Gasteiger partial charge on any atom is -0.384 e. The van der Waals surface area contributed by atoms with Gasteiger partial charge in [-0.1, -0.05) is 11.6 Å². The molecule has 0 radical (unpaired) electrons. The molecule has 2 aromatic heterocycles. The standard InChI is InChI=1S/C10H12ClN3OS2/c1-15-5-4-9-13-10(17-14-9)12-6-7-2-3-8(11)16-7/h2-3H,4-6H2,1H3,(H,12,13,14). The Morgan fingerprint density at radius 2 is 2.35 bits per heavy atom. The van der Waals surface area contributed by atoms with Gasteiger partial charge in [0.15, 0.2) is 0 Å². The fourth-order valence-corrected chi connectivity index (χ4v) is 2.86. The number of nitrogens with one attached hydrogen (secondary N) is 1. The third-order valence-electron chi connectivity index (χ3n) is 2.04. The van der Waals surface area contributed by atoms with Crippen molar-refractivity contribution in [3.05, 3.63) is 27.2 Å². The smallest absolute Gasteiger partial charge is 0.202 e. The summed E-state index contributed by atoms with van der Waals surface area (Å²) in [4.78, 5) is 5.54. The van der Waals surface area contributed by atoms with E-state index in [4.69, 9.17) is 16.3 Å². The summed E-state index contributed by atoms with van der Waals surface area (Å²) in [6.45, 7) is 1.38. The summed E-state index contributed by atoms with van der Waals surface area (Å²) in [5.41, 5.74) is 0. The topological polar surface area (TPSA) is 47.0 Å². The van der Waals surface area contributed by atoms with Crippen LogP contribution in [0.2, 0.25) is 4.34 Å². The number of thiophene rings is 1. The second-order valence-corrected chi connectivity index (χ2v) is 5.87. The van der Waals surface area contributed by atoms with Crippen LogP contribution in [-0.4, -0.2) is 23.1 Å². The molecule has 2 aromatic rings. The Morgan fingerprint density at radius 1 is 1.47 bits per heavy atom. The second kappa shape index (κ2) is 6.30. The van der Waals surface area contributed by atoms with Crippen LogP contribution in [0.5, 0.6) is 0 Å². The summed E-state index contributed by atoms with van der Waals surface area (Å²) in [6, 6.07) is 3.90. The molecule has 0 aliphatic carbocycles. The summed E-state index contributed by atoms with van der Waals surface area (Å²) >= 11 is 8.79. The van der Waals surface area contributed by atoms with Gasteiger partial charge in [-0.3, -0.25) is 0 Å².